The molecule has 0 aliphatic heterocycles. The molecule has 0 aromatic heterocycles. The fourth-order valence-corrected chi connectivity index (χ4v) is 0.849. The summed E-state index contributed by atoms with van der Waals surface area (Å²) in [6, 6.07) is 0. The van der Waals surface area contributed by atoms with Crippen molar-refractivity contribution >= 4 is 10.1 Å². The van der Waals surface area contributed by atoms with Crippen molar-refractivity contribution in [2.45, 2.75) is 19.1 Å². The third kappa shape index (κ3) is 6.31. The Morgan fingerprint density at radius 2 is 1.69 bits per heavy atom. The van der Waals surface area contributed by atoms with Gasteiger partial charge in [-0.05, 0) is 13.8 Å². The fraction of sp³-hybridized carbons (Fsp3) is 0.333. The highest BCUT2D eigenvalue weighted by atomic mass is 32.2. The van der Waals surface area contributed by atoms with E-state index in [0.29, 0.717) is 0 Å². The van der Waals surface area contributed by atoms with Gasteiger partial charge in [0.1, 0.15) is 5.25 Å². The lowest BCUT2D eigenvalue weighted by atomic mass is 10.3. The van der Waals surface area contributed by atoms with Crippen LogP contribution in [0.3, 0.4) is 0 Å². The second-order valence-electron chi connectivity index (χ2n) is 2.52. The third-order valence-corrected chi connectivity index (χ3v) is 2.47. The summed E-state index contributed by atoms with van der Waals surface area (Å²) in [4.78, 5) is 0. The molecule has 1 N–H and O–H groups in total. The number of hydrogen-bond donors (Lipinski definition) is 1. The average molecular weight is 202 g/mol. The normalized spacial score (nSPS) is 16.2. The lowest BCUT2D eigenvalue weighted by Crippen LogP contribution is -2.12. The molecular formula is C9H14O3S. The molecule has 74 valence electrons. The largest absolute Gasteiger partial charge is 0.285 e. The molecule has 13 heavy (non-hydrogen) atoms. The van der Waals surface area contributed by atoms with Gasteiger partial charge in [-0.15, -0.1) is 0 Å². The van der Waals surface area contributed by atoms with Crippen molar-refractivity contribution in [3.8, 4) is 0 Å². The summed E-state index contributed by atoms with van der Waals surface area (Å²) in [5.74, 6) is 0. The molecule has 0 spiro atoms. The quantitative estimate of drug-likeness (QED) is 0.560. The molecule has 1 unspecified atom stereocenters. The minimum atomic E-state index is -3.93. The first-order valence-electron chi connectivity index (χ1n) is 3.91. The van der Waals surface area contributed by atoms with Crippen molar-refractivity contribution in [1.82, 2.24) is 0 Å². The maximum absolute atomic E-state index is 10.5. The molecular weight excluding hydrogens is 188 g/mol. The van der Waals surface area contributed by atoms with Gasteiger partial charge in [-0.1, -0.05) is 36.5 Å². The Kier molecular flexibility index (Phi) is 5.34. The Bertz CT molecular complexity index is 310. The molecule has 0 saturated heterocycles. The van der Waals surface area contributed by atoms with Crippen LogP contribution in [0, 0.1) is 0 Å². The number of rotatable bonds is 4. The van der Waals surface area contributed by atoms with E-state index in [9.17, 15) is 8.42 Å². The Morgan fingerprint density at radius 1 is 1.15 bits per heavy atom. The van der Waals surface area contributed by atoms with Crippen LogP contribution >= 0.6 is 0 Å². The van der Waals surface area contributed by atoms with E-state index in [1.54, 1.807) is 18.2 Å². The second-order valence-corrected chi connectivity index (χ2v) is 4.29. The predicted molar refractivity (Wildman–Crippen MR) is 54.1 cm³/mol. The van der Waals surface area contributed by atoms with Crippen molar-refractivity contribution < 1.29 is 13.0 Å². The van der Waals surface area contributed by atoms with Gasteiger partial charge in [0.25, 0.3) is 10.1 Å². The van der Waals surface area contributed by atoms with Gasteiger partial charge < -0.3 is 0 Å². The van der Waals surface area contributed by atoms with Gasteiger partial charge in [-0.2, -0.15) is 8.42 Å². The van der Waals surface area contributed by atoms with E-state index in [0.717, 1.165) is 0 Å². The predicted octanol–water partition coefficient (Wildman–Crippen LogP) is 1.95. The highest BCUT2D eigenvalue weighted by Gasteiger charge is 2.11. The summed E-state index contributed by atoms with van der Waals surface area (Å²) in [6.07, 6.45) is 10.1. The van der Waals surface area contributed by atoms with Crippen LogP contribution in [-0.4, -0.2) is 18.2 Å². The van der Waals surface area contributed by atoms with Crippen LogP contribution in [0.2, 0.25) is 0 Å². The SMILES string of the molecule is C\C=C/C=C\C=C/C(C)S(=O)(=O)O. The minimum Gasteiger partial charge on any atom is -0.285 e. The Morgan fingerprint density at radius 3 is 2.15 bits per heavy atom. The van der Waals surface area contributed by atoms with E-state index in [1.807, 2.05) is 19.1 Å². The number of hydrogen-bond acceptors (Lipinski definition) is 2. The van der Waals surface area contributed by atoms with Crippen LogP contribution in [-0.2, 0) is 10.1 Å². The van der Waals surface area contributed by atoms with Crippen molar-refractivity contribution in [2.75, 3.05) is 0 Å². The highest BCUT2D eigenvalue weighted by Crippen LogP contribution is 1.98. The van der Waals surface area contributed by atoms with E-state index in [2.05, 4.69) is 0 Å². The molecule has 0 heterocycles. The van der Waals surface area contributed by atoms with E-state index in [4.69, 9.17) is 4.55 Å². The molecule has 4 heteroatoms. The van der Waals surface area contributed by atoms with Crippen LogP contribution in [0.1, 0.15) is 13.8 Å². The molecule has 0 aliphatic rings. The van der Waals surface area contributed by atoms with Crippen LogP contribution in [0.4, 0.5) is 0 Å². The zero-order valence-corrected chi connectivity index (χ0v) is 8.53. The van der Waals surface area contributed by atoms with Gasteiger partial charge in [0.2, 0.25) is 0 Å². The molecule has 0 rings (SSSR count). The maximum Gasteiger partial charge on any atom is 0.271 e. The van der Waals surface area contributed by atoms with Crippen molar-refractivity contribution in [1.29, 1.82) is 0 Å². The first-order valence-corrected chi connectivity index (χ1v) is 5.41. The van der Waals surface area contributed by atoms with Gasteiger partial charge in [0.15, 0.2) is 0 Å². The molecule has 0 aliphatic carbocycles. The first kappa shape index (κ1) is 12.1. The summed E-state index contributed by atoms with van der Waals surface area (Å²) < 4.78 is 29.6. The maximum atomic E-state index is 10.5. The van der Waals surface area contributed by atoms with Gasteiger partial charge in [0.05, 0.1) is 0 Å². The Balaban J connectivity index is 4.15. The summed E-state index contributed by atoms with van der Waals surface area (Å²) in [6.45, 7) is 3.30. The van der Waals surface area contributed by atoms with Crippen molar-refractivity contribution in [3.05, 3.63) is 36.5 Å². The zero-order chi connectivity index (χ0) is 10.3. The van der Waals surface area contributed by atoms with Gasteiger partial charge >= 0.3 is 0 Å². The van der Waals surface area contributed by atoms with E-state index < -0.39 is 15.4 Å². The lowest BCUT2D eigenvalue weighted by molar-refractivity contribution is 0.477. The van der Waals surface area contributed by atoms with Crippen molar-refractivity contribution in [2.24, 2.45) is 0 Å². The zero-order valence-electron chi connectivity index (χ0n) is 7.71. The Labute approximate surface area is 79.2 Å². The van der Waals surface area contributed by atoms with Crippen LogP contribution in [0.15, 0.2) is 36.5 Å². The molecule has 1 atom stereocenters. The second kappa shape index (κ2) is 5.72. The topological polar surface area (TPSA) is 54.4 Å². The fourth-order valence-electron chi connectivity index (χ4n) is 0.559. The summed E-state index contributed by atoms with van der Waals surface area (Å²) in [5.41, 5.74) is 0. The smallest absolute Gasteiger partial charge is 0.271 e. The van der Waals surface area contributed by atoms with E-state index in [1.165, 1.54) is 13.0 Å². The first-order chi connectivity index (χ1) is 5.98. The molecule has 0 amide bonds. The minimum absolute atomic E-state index is 0.859. The highest BCUT2D eigenvalue weighted by molar-refractivity contribution is 7.86. The summed E-state index contributed by atoms with van der Waals surface area (Å²) >= 11 is 0. The third-order valence-electron chi connectivity index (χ3n) is 1.38. The molecule has 0 bridgehead atoms. The summed E-state index contributed by atoms with van der Waals surface area (Å²) in [7, 11) is -3.93. The average Bonchev–Trinajstić information content (AvgIpc) is 2.02. The number of allylic oxidation sites excluding steroid dienone is 5. The van der Waals surface area contributed by atoms with E-state index in [-0.39, 0.29) is 0 Å². The van der Waals surface area contributed by atoms with E-state index >= 15 is 0 Å². The molecule has 3 nitrogen and oxygen atoms in total. The molecule has 0 radical (unpaired) electrons. The van der Waals surface area contributed by atoms with Gasteiger partial charge in [-0.25, -0.2) is 0 Å². The van der Waals surface area contributed by atoms with Crippen molar-refractivity contribution in [3.63, 3.8) is 0 Å². The molecule has 0 saturated carbocycles. The molecule has 0 aromatic rings. The summed E-state index contributed by atoms with van der Waals surface area (Å²) in [5, 5.41) is -0.859. The molecule has 0 aromatic carbocycles. The van der Waals surface area contributed by atoms with Crippen LogP contribution in [0.25, 0.3) is 0 Å². The monoisotopic (exact) mass is 202 g/mol. The van der Waals surface area contributed by atoms with Gasteiger partial charge in [-0.3, -0.25) is 4.55 Å². The molecule has 0 fully saturated rings. The Hall–Kier alpha value is -0.870. The van der Waals surface area contributed by atoms with Gasteiger partial charge in [0, 0.05) is 0 Å². The van der Waals surface area contributed by atoms with Crippen LogP contribution < -0.4 is 0 Å². The lowest BCUT2D eigenvalue weighted by Gasteiger charge is -1.98. The standard InChI is InChI=1S/C9H14O3S/c1-3-4-5-6-7-8-9(2)13(10,11)12/h3-9H,1-2H3,(H,10,11,12)/b4-3-,6-5-,8-7-. The van der Waals surface area contributed by atoms with Crippen LogP contribution in [0.5, 0.6) is 0 Å².